The van der Waals surface area contributed by atoms with Crippen molar-refractivity contribution in [2.45, 2.75) is 0 Å². The molecule has 0 aliphatic carbocycles. The van der Waals surface area contributed by atoms with Crippen LogP contribution >= 0.6 is 11.3 Å². The summed E-state index contributed by atoms with van der Waals surface area (Å²) in [6.07, 6.45) is 0. The van der Waals surface area contributed by atoms with Crippen LogP contribution in [0, 0.1) is 0 Å². The molecule has 0 unspecified atom stereocenters. The third kappa shape index (κ3) is 3.79. The molecule has 2 nitrogen and oxygen atoms in total. The number of hydrogen-bond donors (Lipinski definition) is 0. The first-order chi connectivity index (χ1) is 28.8. The summed E-state index contributed by atoms with van der Waals surface area (Å²) in [4.78, 5) is 0.752. The summed E-state index contributed by atoms with van der Waals surface area (Å²) in [5.41, 5.74) is -3.00. The van der Waals surface area contributed by atoms with Crippen molar-refractivity contribution in [1.29, 1.82) is 0 Å². The highest BCUT2D eigenvalue weighted by Gasteiger charge is 2.21. The van der Waals surface area contributed by atoms with Crippen LogP contribution < -0.4 is 4.90 Å². The van der Waals surface area contributed by atoms with Gasteiger partial charge in [0.15, 0.2) is 0 Å². The van der Waals surface area contributed by atoms with E-state index in [1.54, 1.807) is 12.1 Å². The summed E-state index contributed by atoms with van der Waals surface area (Å²) < 4.78 is 168. The number of furan rings is 1. The van der Waals surface area contributed by atoms with Crippen LogP contribution in [0.15, 0.2) is 156 Å². The molecule has 43 heavy (non-hydrogen) atoms. The summed E-state index contributed by atoms with van der Waals surface area (Å²) in [6, 6.07) is -1.25. The van der Waals surface area contributed by atoms with Crippen LogP contribution in [0.1, 0.15) is 24.7 Å². The second kappa shape index (κ2) is 9.59. The van der Waals surface area contributed by atoms with Gasteiger partial charge in [0.1, 0.15) is 11.2 Å². The van der Waals surface area contributed by atoms with Crippen molar-refractivity contribution < 1.29 is 29.1 Å². The molecule has 7 aromatic carbocycles. The molecular weight excluding hydrogens is 543 g/mol. The minimum absolute atomic E-state index is 0.190. The zero-order chi connectivity index (χ0) is 44.0. The summed E-state index contributed by atoms with van der Waals surface area (Å²) in [5.74, 6) is 0. The van der Waals surface area contributed by atoms with Gasteiger partial charge < -0.3 is 9.32 Å². The lowest BCUT2D eigenvalue weighted by Gasteiger charge is -2.26. The van der Waals surface area contributed by atoms with Crippen LogP contribution in [0.2, 0.25) is 0 Å². The molecule has 0 aliphatic heterocycles. The number of rotatable bonds is 4. The highest BCUT2D eigenvalue weighted by Crippen LogP contribution is 2.46. The first-order valence-corrected chi connectivity index (χ1v) is 13.9. The van der Waals surface area contributed by atoms with Gasteiger partial charge in [-0.1, -0.05) is 103 Å². The molecule has 0 radical (unpaired) electrons. The Balaban J connectivity index is 1.53. The van der Waals surface area contributed by atoms with Gasteiger partial charge >= 0.3 is 0 Å². The van der Waals surface area contributed by atoms with Crippen LogP contribution in [0.5, 0.6) is 0 Å². The van der Waals surface area contributed by atoms with Crippen molar-refractivity contribution in [3.05, 3.63) is 151 Å². The van der Waals surface area contributed by atoms with Crippen LogP contribution in [0.3, 0.4) is 0 Å². The molecule has 0 saturated heterocycles. The Labute approximate surface area is 277 Å². The molecule has 0 N–H and O–H groups in total. The number of para-hydroxylation sites is 1. The fourth-order valence-corrected chi connectivity index (χ4v) is 6.56. The Morgan fingerprint density at radius 3 is 2.37 bits per heavy atom. The van der Waals surface area contributed by atoms with E-state index in [9.17, 15) is 5.48 Å². The lowest BCUT2D eigenvalue weighted by molar-refractivity contribution is 0.672. The van der Waals surface area contributed by atoms with Crippen LogP contribution in [0.4, 0.5) is 17.1 Å². The molecule has 9 aromatic rings. The summed E-state index contributed by atoms with van der Waals surface area (Å²) in [7, 11) is 0. The van der Waals surface area contributed by atoms with Gasteiger partial charge in [0.05, 0.1) is 35.7 Å². The van der Waals surface area contributed by atoms with Crippen LogP contribution in [-0.2, 0) is 0 Å². The zero-order valence-electron chi connectivity index (χ0n) is 39.8. The average Bonchev–Trinajstić information content (AvgIpc) is 3.83. The fourth-order valence-electron chi connectivity index (χ4n) is 5.33. The maximum absolute atomic E-state index is 9.84. The maximum Gasteiger partial charge on any atom is 0.143 e. The van der Waals surface area contributed by atoms with Gasteiger partial charge in [-0.15, -0.1) is 11.3 Å². The summed E-state index contributed by atoms with van der Waals surface area (Å²) >= 11 is 1.35. The Kier molecular flexibility index (Phi) is 2.78. The Hall–Kier alpha value is -5.38. The molecule has 0 aliphatic rings. The zero-order valence-corrected chi connectivity index (χ0v) is 22.6. The van der Waals surface area contributed by atoms with Crippen molar-refractivity contribution in [2.24, 2.45) is 0 Å². The van der Waals surface area contributed by atoms with Gasteiger partial charge in [0, 0.05) is 42.3 Å². The first-order valence-electron chi connectivity index (χ1n) is 22.1. The standard InChI is InChI=1S/C40H25NOS/c1-2-13-28(14-3-1)41(35-20-10-21-36-38(35)34-24-23-26-11-4-5-16-30(26)39(34)42-36)29-15-8-12-27(25-29)31-18-9-19-33-32-17-6-7-22-37(32)43-40(31)33/h1-25H/i1D,2D,3D,4D,5D,8D,10D,11D,12D,13D,14D,15D,16D,20D,21D,23D,24D,25D. The SMILES string of the molecule is [2H]c1c([2H])c([2H])c(N(c2c([2H])c([2H])c([2H])c(-c3cccc4c3sc3ccccc34)c2[2H])c2c([2H])c([2H])c([2H])c3oc4c5c([2H])c([2H])c([2H])c([2H])c5c([2H])c([2H])c4c23)c([2H])c1[2H]. The van der Waals surface area contributed by atoms with Crippen molar-refractivity contribution in [3.8, 4) is 11.1 Å². The van der Waals surface area contributed by atoms with E-state index in [0.717, 1.165) is 20.4 Å². The van der Waals surface area contributed by atoms with E-state index in [1.165, 1.54) is 11.3 Å². The van der Waals surface area contributed by atoms with E-state index < -0.39 is 153 Å². The van der Waals surface area contributed by atoms with E-state index in [1.807, 2.05) is 30.3 Å². The van der Waals surface area contributed by atoms with Crippen LogP contribution in [0.25, 0.3) is 64.0 Å². The average molecular weight is 586 g/mol. The molecule has 0 amide bonds. The highest BCUT2D eigenvalue weighted by molar-refractivity contribution is 7.26. The largest absolute Gasteiger partial charge is 0.455 e. The quantitative estimate of drug-likeness (QED) is 0.204. The lowest BCUT2D eigenvalue weighted by atomic mass is 10.0. The molecule has 2 heterocycles. The Morgan fingerprint density at radius 1 is 0.605 bits per heavy atom. The lowest BCUT2D eigenvalue weighted by Crippen LogP contribution is -2.10. The number of benzene rings is 7. The van der Waals surface area contributed by atoms with E-state index >= 15 is 0 Å². The number of nitrogens with zero attached hydrogens (tertiary/aromatic N) is 1. The normalized spacial score (nSPS) is 17.6. The van der Waals surface area contributed by atoms with Gasteiger partial charge in [0.25, 0.3) is 0 Å². The molecule has 3 heteroatoms. The summed E-state index contributed by atoms with van der Waals surface area (Å²) in [5, 5.41) is -0.00848. The molecule has 0 bridgehead atoms. The highest BCUT2D eigenvalue weighted by atomic mass is 32.1. The van der Waals surface area contributed by atoms with Crippen molar-refractivity contribution >= 4 is 81.3 Å². The second-order valence-corrected chi connectivity index (χ2v) is 10.6. The number of fused-ring (bicyclic) bond motifs is 8. The molecule has 0 spiro atoms. The molecule has 2 aromatic heterocycles. The monoisotopic (exact) mass is 585 g/mol. The Bertz CT molecular complexity index is 3460. The van der Waals surface area contributed by atoms with Crippen molar-refractivity contribution in [1.82, 2.24) is 0 Å². The van der Waals surface area contributed by atoms with Gasteiger partial charge in [-0.3, -0.25) is 0 Å². The number of thiophene rings is 1. The van der Waals surface area contributed by atoms with Gasteiger partial charge in [-0.05, 0) is 64.9 Å². The third-order valence-electron chi connectivity index (χ3n) is 7.17. The van der Waals surface area contributed by atoms with Gasteiger partial charge in [-0.25, -0.2) is 0 Å². The minimum atomic E-state index is -0.909. The van der Waals surface area contributed by atoms with E-state index in [4.69, 9.17) is 23.6 Å². The molecule has 202 valence electrons. The molecule has 0 fully saturated rings. The molecule has 0 atom stereocenters. The van der Waals surface area contributed by atoms with Crippen LogP contribution in [-0.4, -0.2) is 0 Å². The smallest absolute Gasteiger partial charge is 0.143 e. The first kappa shape index (κ1) is 12.5. The maximum atomic E-state index is 9.84. The fraction of sp³-hybridized carbons (Fsp3) is 0. The number of hydrogen-bond acceptors (Lipinski definition) is 3. The minimum Gasteiger partial charge on any atom is -0.455 e. The number of anilines is 3. The van der Waals surface area contributed by atoms with Gasteiger partial charge in [0.2, 0.25) is 0 Å². The summed E-state index contributed by atoms with van der Waals surface area (Å²) in [6.45, 7) is 0. The van der Waals surface area contributed by atoms with E-state index in [0.29, 0.717) is 10.3 Å². The molecule has 0 saturated carbocycles. The predicted octanol–water partition coefficient (Wildman–Crippen LogP) is 12.2. The predicted molar refractivity (Wildman–Crippen MR) is 184 cm³/mol. The molecular formula is C40H25NOS. The van der Waals surface area contributed by atoms with Crippen molar-refractivity contribution in [2.75, 3.05) is 4.90 Å². The van der Waals surface area contributed by atoms with E-state index in [-0.39, 0.29) is 10.9 Å². The second-order valence-electron chi connectivity index (χ2n) is 9.55. The topological polar surface area (TPSA) is 16.4 Å². The molecule has 9 rings (SSSR count). The van der Waals surface area contributed by atoms with E-state index in [2.05, 4.69) is 0 Å². The Morgan fingerprint density at radius 2 is 1.42 bits per heavy atom. The van der Waals surface area contributed by atoms with Crippen molar-refractivity contribution in [3.63, 3.8) is 0 Å². The van der Waals surface area contributed by atoms with Gasteiger partial charge in [-0.2, -0.15) is 0 Å². The third-order valence-corrected chi connectivity index (χ3v) is 8.39.